The third-order valence-electron chi connectivity index (χ3n) is 3.01. The van der Waals surface area contributed by atoms with Gasteiger partial charge in [-0.1, -0.05) is 33.3 Å². The molecule has 3 aromatic rings. The number of benzene rings is 1. The van der Waals surface area contributed by atoms with Gasteiger partial charge in [0.15, 0.2) is 5.13 Å². The summed E-state index contributed by atoms with van der Waals surface area (Å²) in [4.78, 5) is 22.3. The molecule has 0 radical (unpaired) electrons. The van der Waals surface area contributed by atoms with Gasteiger partial charge in [0.2, 0.25) is 5.91 Å². The molecular formula is C15H12BrN3OS. The van der Waals surface area contributed by atoms with Crippen LogP contribution in [0.2, 0.25) is 0 Å². The van der Waals surface area contributed by atoms with E-state index in [-0.39, 0.29) is 5.91 Å². The van der Waals surface area contributed by atoms with Gasteiger partial charge in [-0.05, 0) is 29.8 Å². The second-order valence-corrected chi connectivity index (χ2v) is 6.50. The molecule has 0 bridgehead atoms. The number of pyridine rings is 1. The van der Waals surface area contributed by atoms with Crippen LogP contribution in [0.15, 0.2) is 47.2 Å². The molecule has 106 valence electrons. The Hall–Kier alpha value is -1.79. The molecule has 0 aliphatic rings. The van der Waals surface area contributed by atoms with Gasteiger partial charge in [0, 0.05) is 23.8 Å². The maximum absolute atomic E-state index is 12.0. The molecule has 0 atom stereocenters. The molecule has 0 N–H and O–H groups in total. The van der Waals surface area contributed by atoms with E-state index >= 15 is 0 Å². The predicted molar refractivity (Wildman–Crippen MR) is 88.4 cm³/mol. The van der Waals surface area contributed by atoms with E-state index in [4.69, 9.17) is 0 Å². The van der Waals surface area contributed by atoms with E-state index in [0.29, 0.717) is 11.7 Å². The number of halogens is 1. The standard InChI is InChI=1S/C15H12BrN3OS/c1-10(20)19(9-11-3-2-6-17-8-11)15-18-13-5-4-12(16)7-14(13)21-15/h2-8H,9H2,1H3. The van der Waals surface area contributed by atoms with Crippen molar-refractivity contribution in [2.75, 3.05) is 4.90 Å². The Morgan fingerprint density at radius 3 is 2.95 bits per heavy atom. The van der Waals surface area contributed by atoms with Crippen molar-refractivity contribution < 1.29 is 4.79 Å². The van der Waals surface area contributed by atoms with E-state index in [9.17, 15) is 4.79 Å². The number of amides is 1. The van der Waals surface area contributed by atoms with E-state index in [0.717, 1.165) is 20.3 Å². The average molecular weight is 362 g/mol. The lowest BCUT2D eigenvalue weighted by molar-refractivity contribution is -0.116. The number of nitrogens with zero attached hydrogens (tertiary/aromatic N) is 3. The number of hydrogen-bond donors (Lipinski definition) is 0. The smallest absolute Gasteiger partial charge is 0.225 e. The van der Waals surface area contributed by atoms with Gasteiger partial charge in [-0.3, -0.25) is 14.7 Å². The molecule has 0 spiro atoms. The number of carbonyl (C=O) groups excluding carboxylic acids is 1. The third-order valence-corrected chi connectivity index (χ3v) is 4.55. The summed E-state index contributed by atoms with van der Waals surface area (Å²) in [6, 6.07) is 9.72. The highest BCUT2D eigenvalue weighted by Gasteiger charge is 2.17. The fourth-order valence-corrected chi connectivity index (χ4v) is 3.55. The molecule has 0 aliphatic carbocycles. The molecule has 1 amide bonds. The molecular weight excluding hydrogens is 350 g/mol. The molecule has 2 aromatic heterocycles. The van der Waals surface area contributed by atoms with Crippen molar-refractivity contribution in [1.29, 1.82) is 0 Å². The van der Waals surface area contributed by atoms with E-state index < -0.39 is 0 Å². The Morgan fingerprint density at radius 2 is 2.24 bits per heavy atom. The van der Waals surface area contributed by atoms with Crippen molar-refractivity contribution >= 4 is 48.5 Å². The van der Waals surface area contributed by atoms with Crippen LogP contribution in [0.4, 0.5) is 5.13 Å². The van der Waals surface area contributed by atoms with E-state index in [1.165, 1.54) is 11.3 Å². The number of hydrogen-bond acceptors (Lipinski definition) is 4. The molecule has 6 heteroatoms. The summed E-state index contributed by atoms with van der Waals surface area (Å²) in [6.45, 7) is 2.03. The van der Waals surface area contributed by atoms with Crippen LogP contribution in [-0.4, -0.2) is 15.9 Å². The molecule has 2 heterocycles. The topological polar surface area (TPSA) is 46.1 Å². The first-order chi connectivity index (χ1) is 10.1. The summed E-state index contributed by atoms with van der Waals surface area (Å²) in [5.41, 5.74) is 1.88. The zero-order chi connectivity index (χ0) is 14.8. The number of anilines is 1. The molecule has 0 unspecified atom stereocenters. The van der Waals surface area contributed by atoms with Gasteiger partial charge in [-0.25, -0.2) is 4.98 Å². The minimum atomic E-state index is -0.0306. The lowest BCUT2D eigenvalue weighted by Crippen LogP contribution is -2.27. The quantitative estimate of drug-likeness (QED) is 0.707. The van der Waals surface area contributed by atoms with Crippen LogP contribution >= 0.6 is 27.3 Å². The molecule has 0 fully saturated rings. The second kappa shape index (κ2) is 5.91. The SMILES string of the molecule is CC(=O)N(Cc1cccnc1)c1nc2ccc(Br)cc2s1. The fraction of sp³-hybridized carbons (Fsp3) is 0.133. The van der Waals surface area contributed by atoms with Crippen LogP contribution in [0.25, 0.3) is 10.2 Å². The van der Waals surface area contributed by atoms with E-state index in [1.54, 1.807) is 24.2 Å². The zero-order valence-electron chi connectivity index (χ0n) is 11.3. The minimum absolute atomic E-state index is 0.0306. The summed E-state index contributed by atoms with van der Waals surface area (Å²) >= 11 is 4.96. The number of thiazole rings is 1. The monoisotopic (exact) mass is 361 g/mol. The number of carbonyl (C=O) groups is 1. The fourth-order valence-electron chi connectivity index (χ4n) is 1.99. The van der Waals surface area contributed by atoms with Gasteiger partial charge in [-0.2, -0.15) is 0 Å². The van der Waals surface area contributed by atoms with E-state index in [1.807, 2.05) is 30.3 Å². The minimum Gasteiger partial charge on any atom is -0.284 e. The largest absolute Gasteiger partial charge is 0.284 e. The summed E-state index contributed by atoms with van der Waals surface area (Å²) in [5, 5.41) is 0.708. The first-order valence-corrected chi connectivity index (χ1v) is 7.97. The van der Waals surface area contributed by atoms with Gasteiger partial charge in [0.05, 0.1) is 16.8 Å². The first-order valence-electron chi connectivity index (χ1n) is 6.36. The Balaban J connectivity index is 1.97. The Kier molecular flexibility index (Phi) is 3.98. The summed E-state index contributed by atoms with van der Waals surface area (Å²) < 4.78 is 2.06. The highest BCUT2D eigenvalue weighted by atomic mass is 79.9. The predicted octanol–water partition coefficient (Wildman–Crippen LogP) is 4.01. The normalized spacial score (nSPS) is 10.8. The molecule has 0 aliphatic heterocycles. The number of rotatable bonds is 3. The van der Waals surface area contributed by atoms with Crippen LogP contribution in [0.3, 0.4) is 0 Å². The van der Waals surface area contributed by atoms with Crippen LogP contribution in [-0.2, 0) is 11.3 Å². The summed E-state index contributed by atoms with van der Waals surface area (Å²) in [5.74, 6) is -0.0306. The highest BCUT2D eigenvalue weighted by Crippen LogP contribution is 2.31. The van der Waals surface area contributed by atoms with Gasteiger partial charge in [0.25, 0.3) is 0 Å². The van der Waals surface area contributed by atoms with Crippen molar-refractivity contribution in [2.24, 2.45) is 0 Å². The first kappa shape index (κ1) is 14.2. The molecule has 0 saturated heterocycles. The van der Waals surface area contributed by atoms with Crippen LogP contribution < -0.4 is 4.90 Å². The maximum atomic E-state index is 12.0. The molecule has 3 rings (SSSR count). The van der Waals surface area contributed by atoms with Gasteiger partial charge in [-0.15, -0.1) is 0 Å². The van der Waals surface area contributed by atoms with Crippen molar-refractivity contribution in [3.63, 3.8) is 0 Å². The zero-order valence-corrected chi connectivity index (χ0v) is 13.7. The lowest BCUT2D eigenvalue weighted by Gasteiger charge is -2.17. The molecule has 0 saturated carbocycles. The Bertz CT molecular complexity index is 788. The molecule has 21 heavy (non-hydrogen) atoms. The highest BCUT2D eigenvalue weighted by molar-refractivity contribution is 9.10. The van der Waals surface area contributed by atoms with Crippen molar-refractivity contribution in [3.8, 4) is 0 Å². The Morgan fingerprint density at radius 1 is 1.38 bits per heavy atom. The van der Waals surface area contributed by atoms with Crippen molar-refractivity contribution in [3.05, 3.63) is 52.8 Å². The van der Waals surface area contributed by atoms with Crippen LogP contribution in [0.1, 0.15) is 12.5 Å². The summed E-state index contributed by atoms with van der Waals surface area (Å²) in [6.07, 6.45) is 3.48. The van der Waals surface area contributed by atoms with Crippen LogP contribution in [0.5, 0.6) is 0 Å². The Labute approximate surface area is 134 Å². The number of aromatic nitrogens is 2. The number of fused-ring (bicyclic) bond motifs is 1. The molecule has 4 nitrogen and oxygen atoms in total. The maximum Gasteiger partial charge on any atom is 0.225 e. The van der Waals surface area contributed by atoms with Crippen molar-refractivity contribution in [1.82, 2.24) is 9.97 Å². The van der Waals surface area contributed by atoms with Crippen LogP contribution in [0, 0.1) is 0 Å². The van der Waals surface area contributed by atoms with E-state index in [2.05, 4.69) is 25.9 Å². The van der Waals surface area contributed by atoms with Gasteiger partial charge >= 0.3 is 0 Å². The third kappa shape index (κ3) is 3.11. The second-order valence-electron chi connectivity index (χ2n) is 4.57. The lowest BCUT2D eigenvalue weighted by atomic mass is 10.3. The van der Waals surface area contributed by atoms with Crippen molar-refractivity contribution in [2.45, 2.75) is 13.5 Å². The van der Waals surface area contributed by atoms with Gasteiger partial charge in [0.1, 0.15) is 0 Å². The average Bonchev–Trinajstić information content (AvgIpc) is 2.88. The van der Waals surface area contributed by atoms with Gasteiger partial charge < -0.3 is 0 Å². The molecule has 1 aromatic carbocycles. The summed E-state index contributed by atoms with van der Waals surface area (Å²) in [7, 11) is 0.